The Kier molecular flexibility index (Phi) is 7.69. The van der Waals surface area contributed by atoms with E-state index in [1.54, 1.807) is 32.0 Å². The first kappa shape index (κ1) is 24.4. The van der Waals surface area contributed by atoms with Gasteiger partial charge in [0.2, 0.25) is 15.9 Å². The highest BCUT2D eigenvalue weighted by Gasteiger charge is 2.24. The molecule has 9 heteroatoms. The van der Waals surface area contributed by atoms with Crippen LogP contribution in [-0.2, 0) is 21.2 Å². The van der Waals surface area contributed by atoms with Gasteiger partial charge in [0.15, 0.2) is 11.5 Å². The Morgan fingerprint density at radius 3 is 2.47 bits per heavy atom. The Morgan fingerprint density at radius 2 is 1.78 bits per heavy atom. The van der Waals surface area contributed by atoms with Crippen molar-refractivity contribution in [1.82, 2.24) is 4.31 Å². The van der Waals surface area contributed by atoms with Crippen molar-refractivity contribution in [3.8, 4) is 11.5 Å². The molecule has 32 heavy (non-hydrogen) atoms. The first-order chi connectivity index (χ1) is 15.2. The van der Waals surface area contributed by atoms with E-state index < -0.39 is 10.0 Å². The second kappa shape index (κ2) is 10.1. The average molecular weight is 481 g/mol. The Bertz CT molecular complexity index is 1110. The highest BCUT2D eigenvalue weighted by atomic mass is 35.5. The van der Waals surface area contributed by atoms with E-state index in [9.17, 15) is 13.2 Å². The molecule has 0 spiro atoms. The number of ether oxygens (including phenoxy) is 2. The Hall–Kier alpha value is -2.29. The fraction of sp³-hybridized carbons (Fsp3) is 0.435. The number of hydrogen-bond acceptors (Lipinski definition) is 5. The largest absolute Gasteiger partial charge is 0.489 e. The number of carbonyl (C=O) groups is 1. The van der Waals surface area contributed by atoms with Gasteiger partial charge in [0, 0.05) is 25.2 Å². The van der Waals surface area contributed by atoms with Crippen LogP contribution in [0.1, 0.15) is 37.0 Å². The number of anilines is 1. The van der Waals surface area contributed by atoms with Crippen molar-refractivity contribution in [2.24, 2.45) is 0 Å². The van der Waals surface area contributed by atoms with Crippen LogP contribution < -0.4 is 14.8 Å². The number of aryl methyl sites for hydroxylation is 1. The van der Waals surface area contributed by atoms with Crippen molar-refractivity contribution in [2.75, 3.05) is 31.6 Å². The molecule has 1 amide bonds. The number of carbonyl (C=O) groups excluding carboxylic acids is 1. The minimum Gasteiger partial charge on any atom is -0.489 e. The number of benzene rings is 2. The number of hydrogen-bond donors (Lipinski definition) is 1. The predicted molar refractivity (Wildman–Crippen MR) is 125 cm³/mol. The zero-order valence-corrected chi connectivity index (χ0v) is 20.4. The Morgan fingerprint density at radius 1 is 1.09 bits per heavy atom. The summed E-state index contributed by atoms with van der Waals surface area (Å²) in [5, 5.41) is 3.26. The molecule has 1 heterocycles. The molecule has 0 aliphatic carbocycles. The molecular formula is C23H29ClN2O5S. The summed E-state index contributed by atoms with van der Waals surface area (Å²) in [5.74, 6) is 0.738. The number of halogens is 1. The van der Waals surface area contributed by atoms with Crippen molar-refractivity contribution in [2.45, 2.75) is 45.4 Å². The van der Waals surface area contributed by atoms with Gasteiger partial charge in [-0.25, -0.2) is 8.42 Å². The van der Waals surface area contributed by atoms with Crippen LogP contribution in [0, 0.1) is 13.8 Å². The second-order valence-electron chi connectivity index (χ2n) is 7.68. The minimum atomic E-state index is -3.64. The fourth-order valence-corrected chi connectivity index (χ4v) is 5.44. The molecule has 0 saturated heterocycles. The standard InChI is InChI=1S/C23H29ClN2O5S/c1-5-26(6-2)32(28,29)18-10-15(3)16(4)20(14-18)25-22(27)13-17-11-19(24)23-21(12-17)30-8-7-9-31-23/h10-12,14H,5-9,13H2,1-4H3,(H,25,27). The maximum Gasteiger partial charge on any atom is 0.243 e. The van der Waals surface area contributed by atoms with Crippen molar-refractivity contribution < 1.29 is 22.7 Å². The molecule has 1 aliphatic heterocycles. The molecular weight excluding hydrogens is 452 g/mol. The van der Waals surface area contributed by atoms with Crippen LogP contribution in [0.3, 0.4) is 0 Å². The smallest absolute Gasteiger partial charge is 0.243 e. The second-order valence-corrected chi connectivity index (χ2v) is 10.0. The number of nitrogens with zero attached hydrogens (tertiary/aromatic N) is 1. The first-order valence-corrected chi connectivity index (χ1v) is 12.5. The Balaban J connectivity index is 1.85. The van der Waals surface area contributed by atoms with Crippen LogP contribution in [-0.4, -0.2) is 44.9 Å². The number of amides is 1. The molecule has 0 saturated carbocycles. The van der Waals surface area contributed by atoms with E-state index in [1.165, 1.54) is 10.4 Å². The van der Waals surface area contributed by atoms with Crippen LogP contribution in [0.2, 0.25) is 5.02 Å². The lowest BCUT2D eigenvalue weighted by Gasteiger charge is -2.20. The van der Waals surface area contributed by atoms with E-state index in [0.717, 1.165) is 17.5 Å². The highest BCUT2D eigenvalue weighted by Crippen LogP contribution is 2.38. The molecule has 0 unspecified atom stereocenters. The molecule has 0 atom stereocenters. The van der Waals surface area contributed by atoms with Gasteiger partial charge in [0.1, 0.15) is 0 Å². The van der Waals surface area contributed by atoms with Crippen LogP contribution >= 0.6 is 11.6 Å². The molecule has 2 aromatic rings. The molecule has 2 aromatic carbocycles. The molecule has 0 aromatic heterocycles. The maximum absolute atomic E-state index is 13.0. The summed E-state index contributed by atoms with van der Waals surface area (Å²) in [6.45, 7) is 9.06. The molecule has 0 fully saturated rings. The summed E-state index contributed by atoms with van der Waals surface area (Å²) >= 11 is 6.33. The normalized spacial score (nSPS) is 13.7. The SMILES string of the molecule is CCN(CC)S(=O)(=O)c1cc(C)c(C)c(NC(=O)Cc2cc(Cl)c3c(c2)OCCCO3)c1. The summed E-state index contributed by atoms with van der Waals surface area (Å²) in [6.07, 6.45) is 0.814. The maximum atomic E-state index is 13.0. The number of nitrogens with one attached hydrogen (secondary N) is 1. The van der Waals surface area contributed by atoms with E-state index in [0.29, 0.717) is 54.1 Å². The van der Waals surface area contributed by atoms with Gasteiger partial charge in [-0.3, -0.25) is 4.79 Å². The molecule has 3 rings (SSSR count). The summed E-state index contributed by atoms with van der Waals surface area (Å²) in [5.41, 5.74) is 2.75. The summed E-state index contributed by atoms with van der Waals surface area (Å²) in [4.78, 5) is 13.0. The first-order valence-electron chi connectivity index (χ1n) is 10.7. The summed E-state index contributed by atoms with van der Waals surface area (Å²) in [6, 6.07) is 6.61. The lowest BCUT2D eigenvalue weighted by atomic mass is 10.1. The van der Waals surface area contributed by atoms with Crippen LogP contribution in [0.25, 0.3) is 0 Å². The van der Waals surface area contributed by atoms with Gasteiger partial charge in [-0.15, -0.1) is 0 Å². The molecule has 0 radical (unpaired) electrons. The molecule has 7 nitrogen and oxygen atoms in total. The van der Waals surface area contributed by atoms with Crippen LogP contribution in [0.15, 0.2) is 29.2 Å². The Labute approximate surface area is 194 Å². The van der Waals surface area contributed by atoms with Gasteiger partial charge < -0.3 is 14.8 Å². The van der Waals surface area contributed by atoms with Crippen molar-refractivity contribution >= 4 is 33.2 Å². The zero-order chi connectivity index (χ0) is 23.5. The van der Waals surface area contributed by atoms with E-state index in [1.807, 2.05) is 13.8 Å². The highest BCUT2D eigenvalue weighted by molar-refractivity contribution is 7.89. The number of rotatable bonds is 7. The van der Waals surface area contributed by atoms with Gasteiger partial charge in [0.05, 0.1) is 29.6 Å². The van der Waals surface area contributed by atoms with E-state index >= 15 is 0 Å². The van der Waals surface area contributed by atoms with E-state index in [-0.39, 0.29) is 17.2 Å². The quantitative estimate of drug-likeness (QED) is 0.637. The third-order valence-electron chi connectivity index (χ3n) is 5.48. The summed E-state index contributed by atoms with van der Waals surface area (Å²) < 4.78 is 38.6. The van der Waals surface area contributed by atoms with E-state index in [2.05, 4.69) is 5.32 Å². The fourth-order valence-electron chi connectivity index (χ4n) is 3.58. The molecule has 1 aliphatic rings. The topological polar surface area (TPSA) is 84.9 Å². The molecule has 174 valence electrons. The average Bonchev–Trinajstić information content (AvgIpc) is 2.97. The van der Waals surface area contributed by atoms with Crippen molar-refractivity contribution in [1.29, 1.82) is 0 Å². The van der Waals surface area contributed by atoms with Gasteiger partial charge in [-0.2, -0.15) is 4.31 Å². The van der Waals surface area contributed by atoms with Gasteiger partial charge in [-0.1, -0.05) is 25.4 Å². The third-order valence-corrected chi connectivity index (χ3v) is 7.79. The third kappa shape index (κ3) is 5.19. The van der Waals surface area contributed by atoms with Crippen LogP contribution in [0.5, 0.6) is 11.5 Å². The van der Waals surface area contributed by atoms with Crippen molar-refractivity contribution in [3.63, 3.8) is 0 Å². The summed E-state index contributed by atoms with van der Waals surface area (Å²) in [7, 11) is -3.64. The van der Waals surface area contributed by atoms with Gasteiger partial charge >= 0.3 is 0 Å². The monoisotopic (exact) mass is 480 g/mol. The van der Waals surface area contributed by atoms with E-state index in [4.69, 9.17) is 21.1 Å². The number of sulfonamides is 1. The lowest BCUT2D eigenvalue weighted by molar-refractivity contribution is -0.115. The lowest BCUT2D eigenvalue weighted by Crippen LogP contribution is -2.30. The van der Waals surface area contributed by atoms with Crippen LogP contribution in [0.4, 0.5) is 5.69 Å². The molecule has 0 bridgehead atoms. The van der Waals surface area contributed by atoms with Gasteiger partial charge in [-0.05, 0) is 54.8 Å². The molecule has 1 N–H and O–H groups in total. The van der Waals surface area contributed by atoms with Gasteiger partial charge in [0.25, 0.3) is 0 Å². The zero-order valence-electron chi connectivity index (χ0n) is 18.8. The minimum absolute atomic E-state index is 0.0574. The number of fused-ring (bicyclic) bond motifs is 1. The van der Waals surface area contributed by atoms with Crippen molar-refractivity contribution in [3.05, 3.63) is 46.0 Å². The predicted octanol–water partition coefficient (Wildman–Crippen LogP) is 4.33.